The molecule has 0 fully saturated rings. The molecule has 0 amide bonds. The van der Waals surface area contributed by atoms with Crippen molar-refractivity contribution in [3.63, 3.8) is 0 Å². The third-order valence-electron chi connectivity index (χ3n) is 7.76. The number of carbonyl (C=O) groups is 2. The number of carbonyl (C=O) groups excluding carboxylic acids is 2. The second-order valence-electron chi connectivity index (χ2n) is 10.6. The first-order valence-electron chi connectivity index (χ1n) is 12.4. The van der Waals surface area contributed by atoms with Crippen LogP contribution in [-0.4, -0.2) is 51.2 Å². The molecule has 3 heterocycles. The molecule has 1 aliphatic carbocycles. The van der Waals surface area contributed by atoms with Crippen molar-refractivity contribution in [2.75, 3.05) is 7.11 Å². The predicted molar refractivity (Wildman–Crippen MR) is 134 cm³/mol. The monoisotopic (exact) mass is 496 g/mol. The maximum absolute atomic E-state index is 12.9. The van der Waals surface area contributed by atoms with E-state index >= 15 is 0 Å². The molecule has 2 bridgehead atoms. The smallest absolute Gasteiger partial charge is 0.339 e. The van der Waals surface area contributed by atoms with Gasteiger partial charge in [-0.2, -0.15) is 0 Å². The third kappa shape index (κ3) is 4.97. The first-order chi connectivity index (χ1) is 17.0. The van der Waals surface area contributed by atoms with E-state index in [-0.39, 0.29) is 23.3 Å². The van der Waals surface area contributed by atoms with Crippen molar-refractivity contribution >= 4 is 18.0 Å². The van der Waals surface area contributed by atoms with E-state index in [0.717, 1.165) is 6.42 Å². The minimum absolute atomic E-state index is 0.0137. The average Bonchev–Trinajstić information content (AvgIpc) is 3.39. The van der Waals surface area contributed by atoms with Crippen LogP contribution in [0.15, 0.2) is 54.1 Å². The van der Waals surface area contributed by atoms with E-state index in [9.17, 15) is 14.7 Å². The van der Waals surface area contributed by atoms with E-state index in [2.05, 4.69) is 31.8 Å². The number of allylic oxidation sites excluding steroid dienone is 3. The Morgan fingerprint density at radius 1 is 1.33 bits per heavy atom. The lowest BCUT2D eigenvalue weighted by atomic mass is 9.65. The number of ether oxygens (including phenoxy) is 3. The molecule has 0 saturated heterocycles. The Morgan fingerprint density at radius 2 is 2.08 bits per heavy atom. The predicted octanol–water partition coefficient (Wildman–Crippen LogP) is 3.74. The van der Waals surface area contributed by atoms with Crippen LogP contribution in [0.1, 0.15) is 46.2 Å². The zero-order valence-electron chi connectivity index (χ0n) is 21.8. The molecular formula is C28H36N2O6. The maximum Gasteiger partial charge on any atom is 0.339 e. The molecule has 36 heavy (non-hydrogen) atoms. The molecular weight excluding hydrogens is 460 g/mol. The van der Waals surface area contributed by atoms with Crippen molar-refractivity contribution in [1.29, 1.82) is 0 Å². The highest BCUT2D eigenvalue weighted by Gasteiger charge is 2.54. The van der Waals surface area contributed by atoms with Crippen LogP contribution in [-0.2, 0) is 30.8 Å². The zero-order chi connectivity index (χ0) is 26.3. The van der Waals surface area contributed by atoms with Crippen LogP contribution in [0.3, 0.4) is 0 Å². The van der Waals surface area contributed by atoms with E-state index in [1.54, 1.807) is 36.2 Å². The summed E-state index contributed by atoms with van der Waals surface area (Å²) in [6, 6.07) is 0. The molecule has 0 aromatic carbocycles. The molecule has 3 aliphatic rings. The van der Waals surface area contributed by atoms with Crippen molar-refractivity contribution in [2.45, 2.75) is 58.0 Å². The van der Waals surface area contributed by atoms with Gasteiger partial charge in [0.05, 0.1) is 24.7 Å². The van der Waals surface area contributed by atoms with Gasteiger partial charge in [-0.3, -0.25) is 0 Å². The Kier molecular flexibility index (Phi) is 7.12. The first-order valence-corrected chi connectivity index (χ1v) is 12.4. The summed E-state index contributed by atoms with van der Waals surface area (Å²) < 4.78 is 19.0. The highest BCUT2D eigenvalue weighted by Crippen LogP contribution is 2.49. The van der Waals surface area contributed by atoms with Crippen molar-refractivity contribution in [3.8, 4) is 0 Å². The lowest BCUT2D eigenvalue weighted by Crippen LogP contribution is -2.47. The summed E-state index contributed by atoms with van der Waals surface area (Å²) in [6.07, 6.45) is 14.2. The van der Waals surface area contributed by atoms with Crippen LogP contribution in [0, 0.1) is 23.7 Å². The first kappa shape index (κ1) is 26.1. The van der Waals surface area contributed by atoms with Crippen LogP contribution in [0.5, 0.6) is 0 Å². The minimum atomic E-state index is -1.98. The molecule has 0 spiro atoms. The SMILES string of the molecule is COC(=O)/C1=C/[C@@H]2[C@@H](C(C)C)CC=C(C)[C@@H]2C[C@@H](OC(=O)/C=C/c2cn(C)cn2)[C@@]2(C)C=C[C@@]1(O)O2. The highest BCUT2D eigenvalue weighted by molar-refractivity contribution is 5.91. The Bertz CT molecular complexity index is 1140. The van der Waals surface area contributed by atoms with Crippen molar-refractivity contribution in [2.24, 2.45) is 30.7 Å². The molecule has 8 heteroatoms. The van der Waals surface area contributed by atoms with Crippen molar-refractivity contribution in [3.05, 3.63) is 59.7 Å². The van der Waals surface area contributed by atoms with Crippen molar-refractivity contribution in [1.82, 2.24) is 9.55 Å². The molecule has 1 aromatic heterocycles. The highest BCUT2D eigenvalue weighted by atomic mass is 16.7. The number of nitrogens with zero attached hydrogens (tertiary/aromatic N) is 2. The van der Waals surface area contributed by atoms with E-state index in [4.69, 9.17) is 14.2 Å². The number of esters is 2. The summed E-state index contributed by atoms with van der Waals surface area (Å²) in [5.41, 5.74) is 0.706. The van der Waals surface area contributed by atoms with E-state index in [1.807, 2.05) is 13.1 Å². The Hall–Kier alpha value is -2.97. The largest absolute Gasteiger partial charge is 0.466 e. The summed E-state index contributed by atoms with van der Waals surface area (Å²) in [7, 11) is 3.14. The topological polar surface area (TPSA) is 99.9 Å². The fourth-order valence-corrected chi connectivity index (χ4v) is 5.65. The Balaban J connectivity index is 1.73. The molecule has 0 unspecified atom stereocenters. The number of methoxy groups -OCH3 is 1. The Morgan fingerprint density at radius 3 is 2.72 bits per heavy atom. The average molecular weight is 497 g/mol. The van der Waals surface area contributed by atoms with Gasteiger partial charge in [-0.15, -0.1) is 0 Å². The van der Waals surface area contributed by atoms with Gasteiger partial charge < -0.3 is 23.9 Å². The summed E-state index contributed by atoms with van der Waals surface area (Å²) in [5.74, 6) is -2.68. The van der Waals surface area contributed by atoms with Crippen LogP contribution >= 0.6 is 0 Å². The third-order valence-corrected chi connectivity index (χ3v) is 7.76. The molecule has 4 rings (SSSR count). The van der Waals surface area contributed by atoms with Crippen LogP contribution in [0.4, 0.5) is 0 Å². The van der Waals surface area contributed by atoms with Gasteiger partial charge in [0, 0.05) is 19.3 Å². The van der Waals surface area contributed by atoms with Gasteiger partial charge in [0.2, 0.25) is 5.79 Å². The van der Waals surface area contributed by atoms with Gasteiger partial charge >= 0.3 is 11.9 Å². The minimum Gasteiger partial charge on any atom is -0.466 e. The fraction of sp³-hybridized carbons (Fsp3) is 0.536. The quantitative estimate of drug-likeness (QED) is 0.377. The van der Waals surface area contributed by atoms with E-state index < -0.39 is 29.4 Å². The molecule has 0 saturated carbocycles. The fourth-order valence-electron chi connectivity index (χ4n) is 5.65. The summed E-state index contributed by atoms with van der Waals surface area (Å²) in [6.45, 7) is 8.16. The second-order valence-corrected chi connectivity index (χ2v) is 10.6. The summed E-state index contributed by atoms with van der Waals surface area (Å²) in [5, 5.41) is 11.5. The van der Waals surface area contributed by atoms with Crippen LogP contribution in [0.25, 0.3) is 6.08 Å². The molecule has 1 aromatic rings. The molecule has 2 aliphatic heterocycles. The zero-order valence-corrected chi connectivity index (χ0v) is 21.8. The summed E-state index contributed by atoms with van der Waals surface area (Å²) in [4.78, 5) is 30.0. The van der Waals surface area contributed by atoms with E-state index in [0.29, 0.717) is 18.0 Å². The van der Waals surface area contributed by atoms with Crippen molar-refractivity contribution < 1.29 is 28.9 Å². The number of aryl methyl sites for hydroxylation is 1. The maximum atomic E-state index is 12.9. The molecule has 8 nitrogen and oxygen atoms in total. The molecule has 6 atom stereocenters. The van der Waals surface area contributed by atoms with Gasteiger partial charge in [-0.1, -0.05) is 31.6 Å². The van der Waals surface area contributed by atoms with Gasteiger partial charge in [-0.25, -0.2) is 14.6 Å². The number of imidazole rings is 1. The number of rotatable bonds is 5. The Labute approximate surface area is 212 Å². The van der Waals surface area contributed by atoms with E-state index in [1.165, 1.54) is 24.8 Å². The van der Waals surface area contributed by atoms with Crippen LogP contribution in [0.2, 0.25) is 0 Å². The molecule has 0 radical (unpaired) electrons. The summed E-state index contributed by atoms with van der Waals surface area (Å²) >= 11 is 0. The molecule has 1 N–H and O–H groups in total. The van der Waals surface area contributed by atoms with Gasteiger partial charge in [0.25, 0.3) is 0 Å². The number of aromatic nitrogens is 2. The normalized spacial score (nSPS) is 35.3. The van der Waals surface area contributed by atoms with Crippen LogP contribution < -0.4 is 0 Å². The molecule has 194 valence electrons. The van der Waals surface area contributed by atoms with Gasteiger partial charge in [0.1, 0.15) is 11.7 Å². The standard InChI is InChI=1S/C28H36N2O6/c1-17(2)20-9-7-18(3)21-14-24(35-25(31)10-8-19-15-30(5)16-29-19)27(4)11-12-28(33,36-27)23(13-22(20)21)26(32)34-6/h7-8,10-13,15-17,20-22,24,33H,9,14H2,1-6H3/b10-8+,23-13-/t20-,21+,22-,24-,27-,28-/m1/s1. The lowest BCUT2D eigenvalue weighted by Gasteiger charge is -2.41. The van der Waals surface area contributed by atoms with Gasteiger partial charge in [0.15, 0.2) is 0 Å². The number of hydrogen-bond donors (Lipinski definition) is 1. The number of hydrogen-bond acceptors (Lipinski definition) is 7. The number of aliphatic hydroxyl groups is 1. The van der Waals surface area contributed by atoms with Gasteiger partial charge in [-0.05, 0) is 68.6 Å². The lowest BCUT2D eigenvalue weighted by molar-refractivity contribution is -0.216. The number of fused-ring (bicyclic) bond motifs is 3. The second kappa shape index (κ2) is 9.82.